The van der Waals surface area contributed by atoms with E-state index < -0.39 is 0 Å². The lowest BCUT2D eigenvalue weighted by atomic mass is 10.1. The first-order chi connectivity index (χ1) is 22.7. The third kappa shape index (κ3) is 4.32. The van der Waals surface area contributed by atoms with Crippen LogP contribution < -0.4 is 14.5 Å². The number of para-hydroxylation sites is 3. The number of fused-ring (bicyclic) bond motifs is 6. The molecule has 3 aromatic heterocycles. The second-order valence-electron chi connectivity index (χ2n) is 11.5. The molecule has 5 aromatic carbocycles. The predicted octanol–water partition coefficient (Wildman–Crippen LogP) is 10.3. The summed E-state index contributed by atoms with van der Waals surface area (Å²) in [5.74, 6) is 1.17. The molecule has 0 unspecified atom stereocenters. The Morgan fingerprint density at radius 3 is 1.98 bits per heavy atom. The van der Waals surface area contributed by atoms with E-state index in [1.54, 1.807) is 6.20 Å². The fraction of sp³-hybridized carbons (Fsp3) is 0.0513. The number of ether oxygens (including phenoxy) is 1. The third-order valence-corrected chi connectivity index (χ3v) is 8.44. The fourth-order valence-corrected chi connectivity index (χ4v) is 6.42. The van der Waals surface area contributed by atoms with Crippen LogP contribution in [0.15, 0.2) is 149 Å². The van der Waals surface area contributed by atoms with Gasteiger partial charge in [-0.2, -0.15) is 0 Å². The highest BCUT2D eigenvalue weighted by molar-refractivity contribution is 6.14. The Balaban J connectivity index is 1.31. The maximum atomic E-state index is 6.51. The number of hydrogen-bond acceptors (Lipinski definition) is 7. The van der Waals surface area contributed by atoms with Crippen LogP contribution in [-0.4, -0.2) is 23.6 Å². The van der Waals surface area contributed by atoms with Gasteiger partial charge in [0.25, 0.3) is 0 Å². The topological polar surface area (TPSA) is 58.1 Å². The van der Waals surface area contributed by atoms with Gasteiger partial charge in [-0.15, -0.1) is 0 Å². The summed E-state index contributed by atoms with van der Waals surface area (Å²) in [7, 11) is 2.08. The Morgan fingerprint density at radius 2 is 1.28 bits per heavy atom. The molecule has 0 radical (unpaired) electrons. The van der Waals surface area contributed by atoms with E-state index in [4.69, 9.17) is 13.6 Å². The number of hydrogen-bond donors (Lipinski definition) is 0. The molecule has 222 valence electrons. The quantitative estimate of drug-likeness (QED) is 0.188. The second kappa shape index (κ2) is 10.5. The number of aromatic nitrogens is 1. The van der Waals surface area contributed by atoms with Crippen molar-refractivity contribution in [2.45, 2.75) is 0 Å². The van der Waals surface area contributed by atoms with Gasteiger partial charge in [-0.1, -0.05) is 60.7 Å². The second-order valence-corrected chi connectivity index (χ2v) is 11.5. The molecule has 9 rings (SSSR count). The molecule has 0 fully saturated rings. The van der Waals surface area contributed by atoms with Crippen LogP contribution in [0.3, 0.4) is 0 Å². The van der Waals surface area contributed by atoms with Crippen molar-refractivity contribution in [3.63, 3.8) is 0 Å². The molecule has 1 aliphatic rings. The monoisotopic (exact) mass is 600 g/mol. The van der Waals surface area contributed by atoms with E-state index >= 15 is 0 Å². The zero-order valence-corrected chi connectivity index (χ0v) is 25.0. The zero-order valence-electron chi connectivity index (χ0n) is 25.0. The Kier molecular flexibility index (Phi) is 5.96. The van der Waals surface area contributed by atoms with Crippen LogP contribution in [0, 0.1) is 0 Å². The first-order valence-corrected chi connectivity index (χ1v) is 15.2. The van der Waals surface area contributed by atoms with Gasteiger partial charge in [0.15, 0.2) is 0 Å². The first-order valence-electron chi connectivity index (χ1n) is 15.2. The molecule has 0 aliphatic carbocycles. The molecule has 0 amide bonds. The zero-order chi connectivity index (χ0) is 30.6. The van der Waals surface area contributed by atoms with Gasteiger partial charge in [0.2, 0.25) is 5.88 Å². The Hall–Kier alpha value is -6.21. The molecule has 0 saturated heterocycles. The molecule has 0 spiro atoms. The van der Waals surface area contributed by atoms with E-state index in [1.807, 2.05) is 66.7 Å². The average molecular weight is 601 g/mol. The molecular weight excluding hydrogens is 572 g/mol. The highest BCUT2D eigenvalue weighted by atomic mass is 16.5. The summed E-state index contributed by atoms with van der Waals surface area (Å²) in [6.45, 7) is 0.733. The van der Waals surface area contributed by atoms with E-state index in [2.05, 4.69) is 93.7 Å². The fourth-order valence-electron chi connectivity index (χ4n) is 6.42. The van der Waals surface area contributed by atoms with E-state index in [1.165, 1.54) is 0 Å². The van der Waals surface area contributed by atoms with Gasteiger partial charge in [0, 0.05) is 66.4 Å². The minimum absolute atomic E-state index is 0.508. The standard InChI is InChI=1S/C39H28N4O3/c1-41-19-20-42(25-41)31-21-27(22-34-38(31)29-13-5-7-15-32(29)44-34)43(26-11-3-2-4-12-26)28-23-35-39(30-14-6-8-16-33(30)45-35)36(24-28)46-37-17-9-10-18-40-37/h2-24H,25H2,1H3. The predicted molar refractivity (Wildman–Crippen MR) is 184 cm³/mol. The van der Waals surface area contributed by atoms with Crippen molar-refractivity contribution in [1.29, 1.82) is 0 Å². The molecule has 46 heavy (non-hydrogen) atoms. The van der Waals surface area contributed by atoms with Crippen LogP contribution in [0.2, 0.25) is 0 Å². The van der Waals surface area contributed by atoms with Gasteiger partial charge < -0.3 is 28.3 Å². The van der Waals surface area contributed by atoms with E-state index in [0.717, 1.165) is 73.3 Å². The molecular formula is C39H28N4O3. The lowest BCUT2D eigenvalue weighted by molar-refractivity contribution is 0.468. The van der Waals surface area contributed by atoms with Crippen molar-refractivity contribution in [3.05, 3.63) is 140 Å². The van der Waals surface area contributed by atoms with Gasteiger partial charge >= 0.3 is 0 Å². The first kappa shape index (κ1) is 26.2. The Bertz CT molecular complexity index is 2410. The van der Waals surface area contributed by atoms with Crippen LogP contribution in [0.5, 0.6) is 11.6 Å². The largest absolute Gasteiger partial charge is 0.456 e. The maximum Gasteiger partial charge on any atom is 0.219 e. The summed E-state index contributed by atoms with van der Waals surface area (Å²) in [4.78, 5) is 11.1. The van der Waals surface area contributed by atoms with Crippen LogP contribution in [0.4, 0.5) is 22.7 Å². The van der Waals surface area contributed by atoms with Gasteiger partial charge in [0.05, 0.1) is 34.5 Å². The van der Waals surface area contributed by atoms with Gasteiger partial charge in [-0.25, -0.2) is 4.98 Å². The summed E-state index contributed by atoms with van der Waals surface area (Å²) >= 11 is 0. The lowest BCUT2D eigenvalue weighted by Crippen LogP contribution is -2.22. The van der Waals surface area contributed by atoms with Gasteiger partial charge in [0.1, 0.15) is 28.1 Å². The summed E-state index contributed by atoms with van der Waals surface area (Å²) in [6.07, 6.45) is 5.94. The van der Waals surface area contributed by atoms with E-state index in [-0.39, 0.29) is 0 Å². The van der Waals surface area contributed by atoms with Crippen molar-refractivity contribution in [1.82, 2.24) is 9.88 Å². The van der Waals surface area contributed by atoms with Crippen LogP contribution >= 0.6 is 0 Å². The summed E-state index contributed by atoms with van der Waals surface area (Å²) in [5.41, 5.74) is 7.04. The van der Waals surface area contributed by atoms with Crippen molar-refractivity contribution >= 4 is 66.6 Å². The molecule has 4 heterocycles. The van der Waals surface area contributed by atoms with Crippen molar-refractivity contribution < 1.29 is 13.6 Å². The minimum atomic E-state index is 0.508. The van der Waals surface area contributed by atoms with Gasteiger partial charge in [-0.3, -0.25) is 0 Å². The van der Waals surface area contributed by atoms with E-state index in [9.17, 15) is 0 Å². The average Bonchev–Trinajstić information content (AvgIpc) is 3.80. The van der Waals surface area contributed by atoms with Crippen molar-refractivity contribution in [3.8, 4) is 11.6 Å². The molecule has 0 atom stereocenters. The molecule has 0 saturated carbocycles. The SMILES string of the molecule is CN1C=CN(c2cc(N(c3ccccc3)c3cc(Oc4ccccn4)c4c(c3)oc3ccccc34)cc3oc4ccccc4c23)C1. The van der Waals surface area contributed by atoms with Crippen LogP contribution in [0.1, 0.15) is 0 Å². The summed E-state index contributed by atoms with van der Waals surface area (Å²) in [5, 5.41) is 4.05. The number of rotatable bonds is 6. The van der Waals surface area contributed by atoms with Crippen molar-refractivity contribution in [2.24, 2.45) is 0 Å². The highest BCUT2D eigenvalue weighted by Crippen LogP contribution is 2.47. The summed E-state index contributed by atoms with van der Waals surface area (Å²) < 4.78 is 19.5. The maximum absolute atomic E-state index is 6.51. The molecule has 7 nitrogen and oxygen atoms in total. The molecule has 0 N–H and O–H groups in total. The van der Waals surface area contributed by atoms with Gasteiger partial charge in [-0.05, 0) is 36.4 Å². The van der Waals surface area contributed by atoms with Crippen LogP contribution in [0.25, 0.3) is 43.9 Å². The number of benzene rings is 5. The summed E-state index contributed by atoms with van der Waals surface area (Å²) in [6, 6.07) is 40.8. The molecule has 0 bridgehead atoms. The molecule has 1 aliphatic heterocycles. The van der Waals surface area contributed by atoms with E-state index in [0.29, 0.717) is 11.6 Å². The Morgan fingerprint density at radius 1 is 0.630 bits per heavy atom. The van der Waals surface area contributed by atoms with Crippen molar-refractivity contribution in [2.75, 3.05) is 23.5 Å². The lowest BCUT2D eigenvalue weighted by Gasteiger charge is -2.28. The Labute approximate surface area is 264 Å². The smallest absolute Gasteiger partial charge is 0.219 e. The minimum Gasteiger partial charge on any atom is -0.456 e. The number of nitrogens with zero attached hydrogens (tertiary/aromatic N) is 4. The molecule has 7 heteroatoms. The van der Waals surface area contributed by atoms with Crippen LogP contribution in [-0.2, 0) is 0 Å². The number of furan rings is 2. The third-order valence-electron chi connectivity index (χ3n) is 8.44. The number of anilines is 4. The normalized spacial score (nSPS) is 13.1. The number of pyridine rings is 1. The molecule has 8 aromatic rings. The highest BCUT2D eigenvalue weighted by Gasteiger charge is 2.24.